The van der Waals surface area contributed by atoms with Crippen LogP contribution in [0.15, 0.2) is 70.6 Å². The predicted octanol–water partition coefficient (Wildman–Crippen LogP) is 1.91. The highest BCUT2D eigenvalue weighted by Gasteiger charge is 2.19. The molecule has 1 N–H and O–H groups in total. The molecular formula is C20H21N3O5S. The topological polar surface area (TPSA) is 99.5 Å². The van der Waals surface area contributed by atoms with Crippen molar-refractivity contribution in [2.24, 2.45) is 0 Å². The third-order valence-electron chi connectivity index (χ3n) is 4.25. The van der Waals surface area contributed by atoms with Crippen molar-refractivity contribution >= 4 is 10.0 Å². The van der Waals surface area contributed by atoms with E-state index in [2.05, 4.69) is 9.71 Å². The summed E-state index contributed by atoms with van der Waals surface area (Å²) >= 11 is 0. The summed E-state index contributed by atoms with van der Waals surface area (Å²) in [6.07, 6.45) is 1.41. The van der Waals surface area contributed by atoms with Crippen LogP contribution in [0.3, 0.4) is 0 Å². The molecule has 152 valence electrons. The van der Waals surface area contributed by atoms with Crippen LogP contribution >= 0.6 is 0 Å². The lowest BCUT2D eigenvalue weighted by molar-refractivity contribution is 0.386. The molecule has 2 aromatic carbocycles. The van der Waals surface area contributed by atoms with Gasteiger partial charge in [-0.3, -0.25) is 9.36 Å². The number of rotatable bonds is 8. The molecule has 0 saturated heterocycles. The van der Waals surface area contributed by atoms with Gasteiger partial charge >= 0.3 is 0 Å². The first-order chi connectivity index (χ1) is 13.9. The standard InChI is InChI=1S/C20H21N3O5S/c1-27-16-8-9-19(18(12-16)28-2)29(25,26)22-10-11-23-14-21-17(13-20(23)24)15-6-4-3-5-7-15/h3-9,12-14,22H,10-11H2,1-2H3. The highest BCUT2D eigenvalue weighted by Crippen LogP contribution is 2.28. The van der Waals surface area contributed by atoms with E-state index in [9.17, 15) is 13.2 Å². The zero-order valence-corrected chi connectivity index (χ0v) is 16.8. The third-order valence-corrected chi connectivity index (χ3v) is 5.75. The van der Waals surface area contributed by atoms with Crippen LogP contribution in [0, 0.1) is 0 Å². The summed E-state index contributed by atoms with van der Waals surface area (Å²) < 4.78 is 39.2. The Bertz CT molecular complexity index is 1140. The molecule has 0 bridgehead atoms. The Morgan fingerprint density at radius 3 is 2.45 bits per heavy atom. The molecule has 0 amide bonds. The second-order valence-corrected chi connectivity index (χ2v) is 7.82. The number of hydrogen-bond donors (Lipinski definition) is 1. The fourth-order valence-corrected chi connectivity index (χ4v) is 3.91. The maximum absolute atomic E-state index is 12.6. The molecule has 0 aliphatic heterocycles. The molecule has 0 spiro atoms. The molecule has 1 aromatic heterocycles. The quantitative estimate of drug-likeness (QED) is 0.603. The van der Waals surface area contributed by atoms with Crippen molar-refractivity contribution < 1.29 is 17.9 Å². The van der Waals surface area contributed by atoms with Gasteiger partial charge in [-0.1, -0.05) is 30.3 Å². The van der Waals surface area contributed by atoms with Gasteiger partial charge in [0.05, 0.1) is 26.2 Å². The molecule has 0 unspecified atom stereocenters. The molecule has 9 heteroatoms. The zero-order valence-electron chi connectivity index (χ0n) is 16.0. The van der Waals surface area contributed by atoms with Gasteiger partial charge in [0.2, 0.25) is 10.0 Å². The summed E-state index contributed by atoms with van der Waals surface area (Å²) in [5.41, 5.74) is 1.14. The number of aromatic nitrogens is 2. The number of nitrogens with zero attached hydrogens (tertiary/aromatic N) is 2. The summed E-state index contributed by atoms with van der Waals surface area (Å²) in [6, 6.07) is 15.2. The largest absolute Gasteiger partial charge is 0.497 e. The zero-order chi connectivity index (χ0) is 20.9. The highest BCUT2D eigenvalue weighted by atomic mass is 32.2. The highest BCUT2D eigenvalue weighted by molar-refractivity contribution is 7.89. The smallest absolute Gasteiger partial charge is 0.253 e. The van der Waals surface area contributed by atoms with Crippen molar-refractivity contribution in [1.29, 1.82) is 0 Å². The van der Waals surface area contributed by atoms with Crippen LogP contribution in [-0.4, -0.2) is 38.7 Å². The average molecular weight is 415 g/mol. The summed E-state index contributed by atoms with van der Waals surface area (Å²) in [5, 5.41) is 0. The van der Waals surface area contributed by atoms with Gasteiger partial charge in [0.15, 0.2) is 0 Å². The van der Waals surface area contributed by atoms with E-state index in [1.807, 2.05) is 30.3 Å². The SMILES string of the molecule is COc1ccc(S(=O)(=O)NCCn2cnc(-c3ccccc3)cc2=O)c(OC)c1. The van der Waals surface area contributed by atoms with Crippen molar-refractivity contribution in [1.82, 2.24) is 14.3 Å². The molecule has 29 heavy (non-hydrogen) atoms. The van der Waals surface area contributed by atoms with E-state index in [4.69, 9.17) is 9.47 Å². The Labute approximate surface area is 168 Å². The van der Waals surface area contributed by atoms with Crippen molar-refractivity contribution in [2.45, 2.75) is 11.4 Å². The Morgan fingerprint density at radius 1 is 1.03 bits per heavy atom. The fourth-order valence-electron chi connectivity index (χ4n) is 2.74. The van der Waals surface area contributed by atoms with Crippen LogP contribution < -0.4 is 19.8 Å². The van der Waals surface area contributed by atoms with E-state index < -0.39 is 10.0 Å². The summed E-state index contributed by atoms with van der Waals surface area (Å²) in [7, 11) is -0.964. The third kappa shape index (κ3) is 4.82. The molecule has 0 atom stereocenters. The first kappa shape index (κ1) is 20.6. The van der Waals surface area contributed by atoms with Gasteiger partial charge in [0.25, 0.3) is 5.56 Å². The monoisotopic (exact) mass is 415 g/mol. The second-order valence-electron chi connectivity index (χ2n) is 6.09. The van der Waals surface area contributed by atoms with Gasteiger partial charge < -0.3 is 9.47 Å². The fraction of sp³-hybridized carbons (Fsp3) is 0.200. The number of ether oxygens (including phenoxy) is 2. The Morgan fingerprint density at radius 2 is 1.79 bits per heavy atom. The Kier molecular flexibility index (Phi) is 6.30. The van der Waals surface area contributed by atoms with Crippen LogP contribution in [0.25, 0.3) is 11.3 Å². The van der Waals surface area contributed by atoms with Gasteiger partial charge in [-0.15, -0.1) is 0 Å². The van der Waals surface area contributed by atoms with Crippen LogP contribution in [0.1, 0.15) is 0 Å². The maximum atomic E-state index is 12.6. The normalized spacial score (nSPS) is 11.2. The molecule has 3 aromatic rings. The number of benzene rings is 2. The van der Waals surface area contributed by atoms with Gasteiger partial charge in [-0.2, -0.15) is 0 Å². The minimum atomic E-state index is -3.83. The van der Waals surface area contributed by atoms with E-state index >= 15 is 0 Å². The second kappa shape index (κ2) is 8.89. The Balaban J connectivity index is 1.70. The van der Waals surface area contributed by atoms with Crippen molar-refractivity contribution in [3.8, 4) is 22.8 Å². The summed E-state index contributed by atoms with van der Waals surface area (Å²) in [4.78, 5) is 16.6. The van der Waals surface area contributed by atoms with E-state index in [-0.39, 0.29) is 29.3 Å². The lowest BCUT2D eigenvalue weighted by Gasteiger charge is -2.12. The van der Waals surface area contributed by atoms with E-state index in [0.717, 1.165) is 5.56 Å². The van der Waals surface area contributed by atoms with Gasteiger partial charge in [0, 0.05) is 30.8 Å². The minimum Gasteiger partial charge on any atom is -0.497 e. The molecule has 1 heterocycles. The Hall–Kier alpha value is -3.17. The molecule has 0 radical (unpaired) electrons. The van der Waals surface area contributed by atoms with E-state index in [1.165, 1.54) is 49.4 Å². The number of nitrogens with one attached hydrogen (secondary N) is 1. The molecule has 0 aliphatic rings. The van der Waals surface area contributed by atoms with Crippen molar-refractivity contribution in [2.75, 3.05) is 20.8 Å². The number of methoxy groups -OCH3 is 2. The first-order valence-corrected chi connectivity index (χ1v) is 10.3. The van der Waals surface area contributed by atoms with Crippen LogP contribution in [0.5, 0.6) is 11.5 Å². The van der Waals surface area contributed by atoms with Gasteiger partial charge in [-0.05, 0) is 12.1 Å². The molecule has 3 rings (SSSR count). The number of sulfonamides is 1. The molecule has 0 aliphatic carbocycles. The molecule has 0 fully saturated rings. The van der Waals surface area contributed by atoms with Crippen LogP contribution in [0.4, 0.5) is 0 Å². The van der Waals surface area contributed by atoms with Crippen LogP contribution in [0.2, 0.25) is 0 Å². The predicted molar refractivity (Wildman–Crippen MR) is 109 cm³/mol. The summed E-state index contributed by atoms with van der Waals surface area (Å²) in [5.74, 6) is 0.653. The van der Waals surface area contributed by atoms with Gasteiger partial charge in [0.1, 0.15) is 16.4 Å². The summed E-state index contributed by atoms with van der Waals surface area (Å²) in [6.45, 7) is 0.155. The van der Waals surface area contributed by atoms with Crippen molar-refractivity contribution in [3.63, 3.8) is 0 Å². The van der Waals surface area contributed by atoms with E-state index in [0.29, 0.717) is 11.4 Å². The lowest BCUT2D eigenvalue weighted by atomic mass is 10.1. The van der Waals surface area contributed by atoms with Crippen LogP contribution in [-0.2, 0) is 16.6 Å². The maximum Gasteiger partial charge on any atom is 0.253 e. The first-order valence-electron chi connectivity index (χ1n) is 8.78. The average Bonchev–Trinajstić information content (AvgIpc) is 2.74. The van der Waals surface area contributed by atoms with Crippen molar-refractivity contribution in [3.05, 3.63) is 71.3 Å². The van der Waals surface area contributed by atoms with E-state index in [1.54, 1.807) is 0 Å². The number of hydrogen-bond acceptors (Lipinski definition) is 6. The molecule has 8 nitrogen and oxygen atoms in total. The minimum absolute atomic E-state index is 0.00861. The lowest BCUT2D eigenvalue weighted by Crippen LogP contribution is -2.31. The van der Waals surface area contributed by atoms with Gasteiger partial charge in [-0.25, -0.2) is 18.1 Å². The molecule has 0 saturated carbocycles. The molecular weight excluding hydrogens is 394 g/mol.